The molecule has 0 radical (unpaired) electrons. The molecule has 4 rings (SSSR count). The van der Waals surface area contributed by atoms with Crippen LogP contribution in [0.15, 0.2) is 36.4 Å². The summed E-state index contributed by atoms with van der Waals surface area (Å²) >= 11 is 0. The van der Waals surface area contributed by atoms with E-state index in [4.69, 9.17) is 10.7 Å². The quantitative estimate of drug-likeness (QED) is 0.908. The van der Waals surface area contributed by atoms with E-state index in [0.717, 1.165) is 29.7 Å². The van der Waals surface area contributed by atoms with Gasteiger partial charge >= 0.3 is 0 Å². The van der Waals surface area contributed by atoms with Gasteiger partial charge in [0, 0.05) is 24.2 Å². The summed E-state index contributed by atoms with van der Waals surface area (Å²) in [6.45, 7) is 1.12. The minimum Gasteiger partial charge on any atom is -0.384 e. The number of piperidine rings is 1. The predicted molar refractivity (Wildman–Crippen MR) is 80.4 cm³/mol. The number of fused-ring (bicyclic) bond motifs is 2. The second-order valence-electron chi connectivity index (χ2n) is 5.83. The predicted octanol–water partition coefficient (Wildman–Crippen LogP) is 2.71. The van der Waals surface area contributed by atoms with Crippen LogP contribution in [0.25, 0.3) is 11.4 Å². The van der Waals surface area contributed by atoms with E-state index in [1.54, 1.807) is 0 Å². The average Bonchev–Trinajstić information content (AvgIpc) is 3.10. The fraction of sp³-hybridized carbons (Fsp3) is 0.375. The van der Waals surface area contributed by atoms with Crippen molar-refractivity contribution in [2.24, 2.45) is 5.92 Å². The lowest BCUT2D eigenvalue weighted by Crippen LogP contribution is -2.32. The van der Waals surface area contributed by atoms with Crippen LogP contribution in [0.3, 0.4) is 0 Å². The van der Waals surface area contributed by atoms with Gasteiger partial charge in [-0.25, -0.2) is 9.97 Å². The third-order valence-electron chi connectivity index (χ3n) is 4.47. The molecular formula is C16H18N4. The molecule has 2 aromatic rings. The van der Waals surface area contributed by atoms with Crippen molar-refractivity contribution in [1.29, 1.82) is 0 Å². The summed E-state index contributed by atoms with van der Waals surface area (Å²) < 4.78 is 0. The topological polar surface area (TPSA) is 55.0 Å². The SMILES string of the molecule is Nc1cc(N2CC3CCC2C3)nc(-c2ccccc2)n1. The Morgan fingerprint density at radius 1 is 1.10 bits per heavy atom. The first-order valence-electron chi connectivity index (χ1n) is 7.26. The number of nitrogen functional groups attached to an aromatic ring is 1. The van der Waals surface area contributed by atoms with Crippen molar-refractivity contribution in [3.63, 3.8) is 0 Å². The van der Waals surface area contributed by atoms with E-state index in [-0.39, 0.29) is 0 Å². The number of anilines is 2. The average molecular weight is 266 g/mol. The fourth-order valence-electron chi connectivity index (χ4n) is 3.52. The highest BCUT2D eigenvalue weighted by Crippen LogP contribution is 2.40. The Labute approximate surface area is 118 Å². The summed E-state index contributed by atoms with van der Waals surface area (Å²) in [7, 11) is 0. The summed E-state index contributed by atoms with van der Waals surface area (Å²) in [5, 5.41) is 0. The Morgan fingerprint density at radius 3 is 2.65 bits per heavy atom. The summed E-state index contributed by atoms with van der Waals surface area (Å²) in [6, 6.07) is 12.6. The summed E-state index contributed by atoms with van der Waals surface area (Å²) in [5.41, 5.74) is 7.00. The highest BCUT2D eigenvalue weighted by Gasteiger charge is 2.38. The molecule has 2 aliphatic rings. The molecule has 1 aromatic carbocycles. The van der Waals surface area contributed by atoms with Gasteiger partial charge in [-0.05, 0) is 25.2 Å². The Morgan fingerprint density at radius 2 is 1.95 bits per heavy atom. The van der Waals surface area contributed by atoms with Crippen LogP contribution >= 0.6 is 0 Å². The molecule has 1 saturated heterocycles. The summed E-state index contributed by atoms with van der Waals surface area (Å²) in [4.78, 5) is 11.5. The van der Waals surface area contributed by atoms with Crippen LogP contribution in [0.4, 0.5) is 11.6 Å². The molecule has 1 saturated carbocycles. The van der Waals surface area contributed by atoms with Crippen molar-refractivity contribution in [2.75, 3.05) is 17.2 Å². The van der Waals surface area contributed by atoms with E-state index in [1.807, 2.05) is 36.4 Å². The van der Waals surface area contributed by atoms with Crippen molar-refractivity contribution in [3.05, 3.63) is 36.4 Å². The lowest BCUT2D eigenvalue weighted by molar-refractivity contribution is 0.550. The lowest BCUT2D eigenvalue weighted by atomic mass is 10.1. The minimum absolute atomic E-state index is 0.552. The van der Waals surface area contributed by atoms with Crippen LogP contribution in [-0.2, 0) is 0 Å². The van der Waals surface area contributed by atoms with Gasteiger partial charge in [-0.1, -0.05) is 30.3 Å². The van der Waals surface area contributed by atoms with Gasteiger partial charge in [0.2, 0.25) is 0 Å². The summed E-state index contributed by atoms with van der Waals surface area (Å²) in [6.07, 6.45) is 3.97. The number of rotatable bonds is 2. The van der Waals surface area contributed by atoms with Crippen LogP contribution in [0.2, 0.25) is 0 Å². The van der Waals surface area contributed by atoms with Crippen LogP contribution in [-0.4, -0.2) is 22.6 Å². The number of nitrogens with zero attached hydrogens (tertiary/aromatic N) is 3. The van der Waals surface area contributed by atoms with Crippen molar-refractivity contribution < 1.29 is 0 Å². The smallest absolute Gasteiger partial charge is 0.163 e. The Balaban J connectivity index is 1.73. The second kappa shape index (κ2) is 4.47. The molecule has 2 heterocycles. The third kappa shape index (κ3) is 1.92. The van der Waals surface area contributed by atoms with E-state index in [0.29, 0.717) is 11.9 Å². The molecule has 2 N–H and O–H groups in total. The monoisotopic (exact) mass is 266 g/mol. The van der Waals surface area contributed by atoms with E-state index in [9.17, 15) is 0 Å². The number of aromatic nitrogens is 2. The molecule has 4 nitrogen and oxygen atoms in total. The van der Waals surface area contributed by atoms with Gasteiger partial charge in [0.1, 0.15) is 11.6 Å². The number of hydrogen-bond donors (Lipinski definition) is 1. The van der Waals surface area contributed by atoms with Crippen LogP contribution in [0.5, 0.6) is 0 Å². The molecule has 0 amide bonds. The van der Waals surface area contributed by atoms with Gasteiger partial charge in [0.25, 0.3) is 0 Å². The van der Waals surface area contributed by atoms with Crippen molar-refractivity contribution in [3.8, 4) is 11.4 Å². The highest BCUT2D eigenvalue weighted by molar-refractivity contribution is 5.61. The zero-order valence-corrected chi connectivity index (χ0v) is 11.4. The van der Waals surface area contributed by atoms with E-state index < -0.39 is 0 Å². The van der Waals surface area contributed by atoms with Gasteiger partial charge in [0.15, 0.2) is 5.82 Å². The maximum atomic E-state index is 5.98. The van der Waals surface area contributed by atoms with Gasteiger partial charge in [-0.2, -0.15) is 0 Å². The Kier molecular flexibility index (Phi) is 2.62. The molecule has 2 bridgehead atoms. The molecule has 0 spiro atoms. The Bertz CT molecular complexity index is 626. The van der Waals surface area contributed by atoms with Crippen molar-refractivity contribution in [2.45, 2.75) is 25.3 Å². The molecule has 1 aliphatic heterocycles. The molecule has 20 heavy (non-hydrogen) atoms. The first kappa shape index (κ1) is 11.7. The van der Waals surface area contributed by atoms with E-state index in [2.05, 4.69) is 9.88 Å². The van der Waals surface area contributed by atoms with Crippen LogP contribution in [0, 0.1) is 5.92 Å². The normalized spacial score (nSPS) is 24.3. The van der Waals surface area contributed by atoms with Crippen LogP contribution in [0.1, 0.15) is 19.3 Å². The molecule has 2 unspecified atom stereocenters. The second-order valence-corrected chi connectivity index (χ2v) is 5.83. The molecule has 4 heteroatoms. The lowest BCUT2D eigenvalue weighted by Gasteiger charge is -2.28. The van der Waals surface area contributed by atoms with Gasteiger partial charge in [-0.15, -0.1) is 0 Å². The maximum Gasteiger partial charge on any atom is 0.163 e. The first-order chi connectivity index (χ1) is 9.79. The van der Waals surface area contributed by atoms with E-state index in [1.165, 1.54) is 19.3 Å². The molecule has 2 atom stereocenters. The van der Waals surface area contributed by atoms with Crippen molar-refractivity contribution >= 4 is 11.6 Å². The zero-order chi connectivity index (χ0) is 13.5. The molecule has 2 fully saturated rings. The summed E-state index contributed by atoms with van der Waals surface area (Å²) in [5.74, 6) is 3.11. The van der Waals surface area contributed by atoms with Gasteiger partial charge < -0.3 is 10.6 Å². The molecule has 102 valence electrons. The molecule has 1 aliphatic carbocycles. The maximum absolute atomic E-state index is 5.98. The number of nitrogens with two attached hydrogens (primary N) is 1. The fourth-order valence-corrected chi connectivity index (χ4v) is 3.52. The number of hydrogen-bond acceptors (Lipinski definition) is 4. The van der Waals surface area contributed by atoms with Gasteiger partial charge in [-0.3, -0.25) is 0 Å². The zero-order valence-electron chi connectivity index (χ0n) is 11.4. The van der Waals surface area contributed by atoms with Crippen molar-refractivity contribution in [1.82, 2.24) is 9.97 Å². The molecule has 1 aromatic heterocycles. The largest absolute Gasteiger partial charge is 0.384 e. The number of benzene rings is 1. The standard InChI is InChI=1S/C16H18N4/c17-14-9-15(20-10-11-6-7-13(20)8-11)19-16(18-14)12-4-2-1-3-5-12/h1-5,9,11,13H,6-8,10H2,(H2,17,18,19). The highest BCUT2D eigenvalue weighted by atomic mass is 15.3. The first-order valence-corrected chi connectivity index (χ1v) is 7.26. The van der Waals surface area contributed by atoms with Gasteiger partial charge in [0.05, 0.1) is 0 Å². The Hall–Kier alpha value is -2.10. The molecular weight excluding hydrogens is 248 g/mol. The van der Waals surface area contributed by atoms with E-state index >= 15 is 0 Å². The minimum atomic E-state index is 0.552. The third-order valence-corrected chi connectivity index (χ3v) is 4.47. The van der Waals surface area contributed by atoms with Crippen LogP contribution < -0.4 is 10.6 Å².